The average molecular weight is 450 g/mol. The van der Waals surface area contributed by atoms with E-state index in [1.807, 2.05) is 36.4 Å². The summed E-state index contributed by atoms with van der Waals surface area (Å²) in [7, 11) is 1.68. The molecule has 29 heavy (non-hydrogen) atoms. The first-order chi connectivity index (χ1) is 14.2. The van der Waals surface area contributed by atoms with Crippen molar-refractivity contribution in [2.75, 3.05) is 25.3 Å². The van der Waals surface area contributed by atoms with E-state index in [9.17, 15) is 0 Å². The number of methoxy groups -OCH3 is 1. The Morgan fingerprint density at radius 1 is 1.00 bits per heavy atom. The minimum atomic E-state index is 0.523. The molecule has 0 bridgehead atoms. The summed E-state index contributed by atoms with van der Waals surface area (Å²) in [4.78, 5) is 2.21. The summed E-state index contributed by atoms with van der Waals surface area (Å²) < 4.78 is 18.7. The number of hydrogen-bond acceptors (Lipinski definition) is 4. The maximum absolute atomic E-state index is 6.24. The quantitative estimate of drug-likeness (QED) is 0.509. The highest BCUT2D eigenvalue weighted by molar-refractivity contribution is 9.10. The third-order valence-corrected chi connectivity index (χ3v) is 5.84. The molecule has 0 N–H and O–H groups in total. The van der Waals surface area contributed by atoms with Gasteiger partial charge in [-0.1, -0.05) is 28.1 Å². The summed E-state index contributed by atoms with van der Waals surface area (Å²) >= 11 is 3.49. The molecule has 0 amide bonds. The summed E-state index contributed by atoms with van der Waals surface area (Å²) in [6.07, 6.45) is 2.20. The molecular formula is C24H20BrNO3. The van der Waals surface area contributed by atoms with Crippen LogP contribution >= 0.6 is 15.9 Å². The van der Waals surface area contributed by atoms with Crippen LogP contribution in [0.2, 0.25) is 0 Å². The molecule has 3 aromatic carbocycles. The van der Waals surface area contributed by atoms with Crippen molar-refractivity contribution >= 4 is 33.3 Å². The Labute approximate surface area is 178 Å². The van der Waals surface area contributed by atoms with Crippen LogP contribution in [-0.4, -0.2) is 20.4 Å². The Kier molecular flexibility index (Phi) is 4.68. The monoisotopic (exact) mass is 449 g/mol. The van der Waals surface area contributed by atoms with Crippen molar-refractivity contribution in [3.05, 3.63) is 81.8 Å². The molecule has 0 spiro atoms. The Bertz CT molecular complexity index is 1090. The molecule has 0 aromatic heterocycles. The number of ether oxygens (including phenoxy) is 3. The van der Waals surface area contributed by atoms with E-state index in [2.05, 4.69) is 51.2 Å². The summed E-state index contributed by atoms with van der Waals surface area (Å²) in [6.45, 7) is 1.80. The van der Waals surface area contributed by atoms with Crippen LogP contribution in [0.15, 0.2) is 65.1 Å². The molecular weight excluding hydrogens is 430 g/mol. The summed E-state index contributed by atoms with van der Waals surface area (Å²) in [5.74, 6) is 2.66. The normalized spacial score (nSPS) is 14.8. The van der Waals surface area contributed by atoms with Crippen molar-refractivity contribution in [2.45, 2.75) is 6.54 Å². The molecule has 2 aliphatic heterocycles. The van der Waals surface area contributed by atoms with E-state index < -0.39 is 0 Å². The van der Waals surface area contributed by atoms with Gasteiger partial charge in [0.15, 0.2) is 6.73 Å². The lowest BCUT2D eigenvalue weighted by Gasteiger charge is -2.33. The third-order valence-electron chi connectivity index (χ3n) is 5.31. The van der Waals surface area contributed by atoms with Gasteiger partial charge in [0.2, 0.25) is 0 Å². The second-order valence-corrected chi connectivity index (χ2v) is 8.01. The molecule has 0 radical (unpaired) electrons. The van der Waals surface area contributed by atoms with Gasteiger partial charge in [0.1, 0.15) is 23.9 Å². The molecule has 5 heteroatoms. The average Bonchev–Trinajstić information content (AvgIpc) is 2.79. The van der Waals surface area contributed by atoms with Crippen LogP contribution in [0.1, 0.15) is 16.7 Å². The van der Waals surface area contributed by atoms with Gasteiger partial charge in [-0.15, -0.1) is 0 Å². The minimum absolute atomic E-state index is 0.523. The van der Waals surface area contributed by atoms with Crippen LogP contribution in [0.3, 0.4) is 0 Å². The van der Waals surface area contributed by atoms with Crippen molar-refractivity contribution in [3.63, 3.8) is 0 Å². The van der Waals surface area contributed by atoms with Gasteiger partial charge in [0, 0.05) is 15.7 Å². The number of rotatable bonds is 3. The second kappa shape index (κ2) is 7.48. The molecule has 0 atom stereocenters. The van der Waals surface area contributed by atoms with Gasteiger partial charge >= 0.3 is 0 Å². The summed E-state index contributed by atoms with van der Waals surface area (Å²) in [5, 5.41) is 0. The highest BCUT2D eigenvalue weighted by atomic mass is 79.9. The Morgan fingerprint density at radius 2 is 1.86 bits per heavy atom. The number of halogens is 1. The molecule has 4 nitrogen and oxygen atoms in total. The fraction of sp³-hybridized carbons (Fsp3) is 0.167. The highest BCUT2D eigenvalue weighted by Crippen LogP contribution is 2.41. The number of anilines is 1. The summed E-state index contributed by atoms with van der Waals surface area (Å²) in [5.41, 5.74) is 5.55. The van der Waals surface area contributed by atoms with E-state index in [0.29, 0.717) is 13.3 Å². The topological polar surface area (TPSA) is 30.9 Å². The zero-order valence-electron chi connectivity index (χ0n) is 16.0. The lowest BCUT2D eigenvalue weighted by atomic mass is 9.98. The largest absolute Gasteiger partial charge is 0.497 e. The van der Waals surface area contributed by atoms with Crippen molar-refractivity contribution in [2.24, 2.45) is 0 Å². The predicted octanol–water partition coefficient (Wildman–Crippen LogP) is 5.75. The highest BCUT2D eigenvalue weighted by Gasteiger charge is 2.25. The van der Waals surface area contributed by atoms with Gasteiger partial charge in [-0.3, -0.25) is 0 Å². The maximum Gasteiger partial charge on any atom is 0.161 e. The molecule has 5 rings (SSSR count). The smallest absolute Gasteiger partial charge is 0.161 e. The minimum Gasteiger partial charge on any atom is -0.497 e. The first-order valence-electron chi connectivity index (χ1n) is 9.48. The van der Waals surface area contributed by atoms with E-state index in [4.69, 9.17) is 14.2 Å². The van der Waals surface area contributed by atoms with Crippen LogP contribution in [-0.2, 0) is 6.54 Å². The molecule has 0 fully saturated rings. The number of nitrogens with zero attached hydrogens (tertiary/aromatic N) is 1. The molecule has 0 unspecified atom stereocenters. The first-order valence-corrected chi connectivity index (χ1v) is 10.3. The maximum atomic E-state index is 6.24. The van der Waals surface area contributed by atoms with Crippen LogP contribution in [0.4, 0.5) is 5.69 Å². The van der Waals surface area contributed by atoms with Crippen LogP contribution in [0.5, 0.6) is 17.2 Å². The van der Waals surface area contributed by atoms with Gasteiger partial charge < -0.3 is 19.1 Å². The van der Waals surface area contributed by atoms with Crippen LogP contribution in [0.25, 0.3) is 11.6 Å². The van der Waals surface area contributed by atoms with E-state index in [-0.39, 0.29) is 0 Å². The van der Waals surface area contributed by atoms with E-state index in [0.717, 1.165) is 56.2 Å². The first kappa shape index (κ1) is 18.1. The van der Waals surface area contributed by atoms with E-state index in [1.54, 1.807) is 7.11 Å². The van der Waals surface area contributed by atoms with Gasteiger partial charge in [-0.25, -0.2) is 0 Å². The van der Waals surface area contributed by atoms with Crippen molar-refractivity contribution in [1.29, 1.82) is 0 Å². The lowest BCUT2D eigenvalue weighted by molar-refractivity contribution is 0.280. The standard InChI is InChI=1S/C24H20BrNO3/c1-27-21-4-2-3-16(12-21)18-11-17-5-10-23-22(24(17)28-14-18)13-26(15-29-23)20-8-6-19(25)7-9-20/h2-12H,13-15H2,1H3. The van der Waals surface area contributed by atoms with Crippen molar-refractivity contribution in [3.8, 4) is 17.2 Å². The van der Waals surface area contributed by atoms with E-state index >= 15 is 0 Å². The second-order valence-electron chi connectivity index (χ2n) is 7.10. The zero-order valence-corrected chi connectivity index (χ0v) is 17.6. The van der Waals surface area contributed by atoms with Gasteiger partial charge in [-0.2, -0.15) is 0 Å². The summed E-state index contributed by atoms with van der Waals surface area (Å²) in [6, 6.07) is 20.5. The number of hydrogen-bond donors (Lipinski definition) is 0. The van der Waals surface area contributed by atoms with Gasteiger partial charge in [0.05, 0.1) is 19.2 Å². The molecule has 2 aliphatic rings. The molecule has 2 heterocycles. The number of fused-ring (bicyclic) bond motifs is 3. The van der Waals surface area contributed by atoms with E-state index in [1.165, 1.54) is 0 Å². The Morgan fingerprint density at radius 3 is 2.69 bits per heavy atom. The Balaban J connectivity index is 1.48. The molecule has 0 saturated heterocycles. The van der Waals surface area contributed by atoms with Gasteiger partial charge in [0.25, 0.3) is 0 Å². The third kappa shape index (κ3) is 3.47. The molecule has 146 valence electrons. The van der Waals surface area contributed by atoms with Crippen molar-refractivity contribution in [1.82, 2.24) is 0 Å². The fourth-order valence-corrected chi connectivity index (χ4v) is 4.03. The SMILES string of the molecule is COc1cccc(C2=Cc3ccc4c(c3OC2)CN(c2ccc(Br)cc2)CO4)c1. The lowest BCUT2D eigenvalue weighted by Crippen LogP contribution is -2.32. The predicted molar refractivity (Wildman–Crippen MR) is 119 cm³/mol. The number of benzene rings is 3. The fourth-order valence-electron chi connectivity index (χ4n) is 3.77. The van der Waals surface area contributed by atoms with Gasteiger partial charge in [-0.05, 0) is 65.7 Å². The zero-order chi connectivity index (χ0) is 19.8. The molecule has 0 saturated carbocycles. The molecule has 0 aliphatic carbocycles. The molecule has 3 aromatic rings. The van der Waals surface area contributed by atoms with Crippen LogP contribution in [0, 0.1) is 0 Å². The van der Waals surface area contributed by atoms with Crippen molar-refractivity contribution < 1.29 is 14.2 Å². The van der Waals surface area contributed by atoms with Crippen LogP contribution < -0.4 is 19.1 Å². The Hall–Kier alpha value is -2.92.